The van der Waals surface area contributed by atoms with Gasteiger partial charge in [0.2, 0.25) is 5.75 Å². The zero-order valence-corrected chi connectivity index (χ0v) is 21.5. The van der Waals surface area contributed by atoms with Gasteiger partial charge < -0.3 is 33.2 Å². The molecule has 8 nitrogen and oxygen atoms in total. The smallest absolute Gasteiger partial charge is 0.203 e. The second kappa shape index (κ2) is 11.9. The van der Waals surface area contributed by atoms with E-state index >= 15 is 0 Å². The summed E-state index contributed by atoms with van der Waals surface area (Å²) < 4.78 is 38.1. The van der Waals surface area contributed by atoms with Crippen molar-refractivity contribution in [3.8, 4) is 51.4 Å². The Labute approximate surface area is 210 Å². The molecule has 0 aliphatic rings. The van der Waals surface area contributed by atoms with Crippen molar-refractivity contribution in [1.82, 2.24) is 0 Å². The third-order valence-corrected chi connectivity index (χ3v) is 5.60. The zero-order chi connectivity index (χ0) is 26.2. The van der Waals surface area contributed by atoms with Gasteiger partial charge in [-0.2, -0.15) is 0 Å². The maximum absolute atomic E-state index is 13.3. The van der Waals surface area contributed by atoms with Crippen LogP contribution < -0.4 is 33.2 Å². The molecule has 0 unspecified atom stereocenters. The summed E-state index contributed by atoms with van der Waals surface area (Å²) in [5.41, 5.74) is 2.46. The summed E-state index contributed by atoms with van der Waals surface area (Å²) in [7, 11) is 10.8. The summed E-state index contributed by atoms with van der Waals surface area (Å²) in [5.74, 6) is 3.30. The average molecular weight is 495 g/mol. The molecule has 0 aliphatic carbocycles. The van der Waals surface area contributed by atoms with Crippen molar-refractivity contribution in [3.05, 3.63) is 59.7 Å². The summed E-state index contributed by atoms with van der Waals surface area (Å²) >= 11 is 0. The van der Waals surface area contributed by atoms with Gasteiger partial charge in [-0.05, 0) is 42.0 Å². The molecule has 0 radical (unpaired) electrons. The summed E-state index contributed by atoms with van der Waals surface area (Å²) in [5, 5.41) is 0. The molecule has 0 atom stereocenters. The van der Waals surface area contributed by atoms with Crippen LogP contribution in [0, 0.1) is 0 Å². The molecule has 0 aromatic heterocycles. The molecule has 0 N–H and O–H groups in total. The molecule has 0 spiro atoms. The SMILES string of the molecule is COc1ccc(-c2cc(C(=O)/C=C/c3cc(OC)c(OC)c(OC)c3)c(OC)cc2OC)c(OC)c1. The van der Waals surface area contributed by atoms with E-state index in [1.807, 2.05) is 12.1 Å². The normalized spacial score (nSPS) is 10.6. The molecule has 0 saturated carbocycles. The number of allylic oxidation sites excluding steroid dienone is 1. The van der Waals surface area contributed by atoms with Gasteiger partial charge in [-0.15, -0.1) is 0 Å². The van der Waals surface area contributed by atoms with Crippen molar-refractivity contribution in [2.45, 2.75) is 0 Å². The quantitative estimate of drug-likeness (QED) is 0.262. The van der Waals surface area contributed by atoms with Crippen molar-refractivity contribution < 1.29 is 38.0 Å². The Morgan fingerprint density at radius 1 is 0.583 bits per heavy atom. The van der Waals surface area contributed by atoms with Crippen LogP contribution in [0.15, 0.2) is 48.5 Å². The van der Waals surface area contributed by atoms with Crippen LogP contribution in [0.5, 0.6) is 40.2 Å². The average Bonchev–Trinajstić information content (AvgIpc) is 2.93. The third-order valence-electron chi connectivity index (χ3n) is 5.60. The third kappa shape index (κ3) is 5.33. The maximum Gasteiger partial charge on any atom is 0.203 e. The fourth-order valence-electron chi connectivity index (χ4n) is 3.78. The van der Waals surface area contributed by atoms with Gasteiger partial charge in [-0.3, -0.25) is 4.79 Å². The van der Waals surface area contributed by atoms with E-state index in [0.717, 1.165) is 5.56 Å². The summed E-state index contributed by atoms with van der Waals surface area (Å²) in [6.07, 6.45) is 3.13. The Kier molecular flexibility index (Phi) is 8.67. The van der Waals surface area contributed by atoms with E-state index in [2.05, 4.69) is 0 Å². The van der Waals surface area contributed by atoms with Crippen molar-refractivity contribution in [2.75, 3.05) is 49.8 Å². The first-order valence-corrected chi connectivity index (χ1v) is 10.9. The standard InChI is InChI=1S/C28H30O8/c1-30-18-9-10-19(23(14-18)31-2)20-15-21(25(33-4)16-24(20)32-3)22(29)11-8-17-12-26(34-5)28(36-7)27(13-17)35-6/h8-16H,1-7H3/b11-8+. The lowest BCUT2D eigenvalue weighted by Crippen LogP contribution is -2.02. The second-order valence-electron chi connectivity index (χ2n) is 7.48. The van der Waals surface area contributed by atoms with Crippen molar-refractivity contribution in [1.29, 1.82) is 0 Å². The minimum atomic E-state index is -0.267. The van der Waals surface area contributed by atoms with Gasteiger partial charge >= 0.3 is 0 Å². The van der Waals surface area contributed by atoms with Crippen LogP contribution in [0.2, 0.25) is 0 Å². The lowest BCUT2D eigenvalue weighted by Gasteiger charge is -2.16. The second-order valence-corrected chi connectivity index (χ2v) is 7.48. The first-order valence-electron chi connectivity index (χ1n) is 10.9. The topological polar surface area (TPSA) is 81.7 Å². The lowest BCUT2D eigenvalue weighted by atomic mass is 9.97. The molecule has 0 heterocycles. The van der Waals surface area contributed by atoms with Gasteiger partial charge in [0.1, 0.15) is 23.0 Å². The minimum Gasteiger partial charge on any atom is -0.497 e. The predicted molar refractivity (Wildman–Crippen MR) is 138 cm³/mol. The highest BCUT2D eigenvalue weighted by atomic mass is 16.5. The highest BCUT2D eigenvalue weighted by Crippen LogP contribution is 2.42. The number of methoxy groups -OCH3 is 7. The molecule has 0 saturated heterocycles. The first-order chi connectivity index (χ1) is 17.4. The van der Waals surface area contributed by atoms with Crippen LogP contribution in [-0.4, -0.2) is 55.6 Å². The van der Waals surface area contributed by atoms with Gasteiger partial charge in [0.25, 0.3) is 0 Å². The number of rotatable bonds is 11. The number of hydrogen-bond acceptors (Lipinski definition) is 8. The predicted octanol–water partition coefficient (Wildman–Crippen LogP) is 5.31. The fraction of sp³-hybridized carbons (Fsp3) is 0.250. The van der Waals surface area contributed by atoms with E-state index < -0.39 is 0 Å². The Hall–Kier alpha value is -4.33. The van der Waals surface area contributed by atoms with E-state index in [4.69, 9.17) is 33.2 Å². The van der Waals surface area contributed by atoms with Crippen LogP contribution >= 0.6 is 0 Å². The summed E-state index contributed by atoms with van der Waals surface area (Å²) in [4.78, 5) is 13.3. The first kappa shape index (κ1) is 26.3. The molecule has 0 bridgehead atoms. The van der Waals surface area contributed by atoms with Crippen LogP contribution in [0.4, 0.5) is 0 Å². The van der Waals surface area contributed by atoms with Crippen molar-refractivity contribution in [2.24, 2.45) is 0 Å². The highest BCUT2D eigenvalue weighted by molar-refractivity contribution is 6.09. The summed E-state index contributed by atoms with van der Waals surface area (Å²) in [6.45, 7) is 0. The molecule has 8 heteroatoms. The number of ketones is 1. The van der Waals surface area contributed by atoms with Gasteiger partial charge in [0.15, 0.2) is 17.3 Å². The molecule has 190 valence electrons. The van der Waals surface area contributed by atoms with Gasteiger partial charge in [-0.25, -0.2) is 0 Å². The Balaban J connectivity index is 2.08. The van der Waals surface area contributed by atoms with E-state index in [1.54, 1.807) is 57.7 Å². The Bertz CT molecular complexity index is 1240. The maximum atomic E-state index is 13.3. The van der Waals surface area contributed by atoms with Gasteiger partial charge in [0, 0.05) is 23.3 Å². The van der Waals surface area contributed by atoms with E-state index in [1.165, 1.54) is 34.5 Å². The minimum absolute atomic E-state index is 0.267. The summed E-state index contributed by atoms with van der Waals surface area (Å²) in [6, 6.07) is 12.3. The largest absolute Gasteiger partial charge is 0.497 e. The molecule has 0 amide bonds. The van der Waals surface area contributed by atoms with Gasteiger partial charge in [0.05, 0.1) is 55.3 Å². The Morgan fingerprint density at radius 2 is 1.17 bits per heavy atom. The van der Waals surface area contributed by atoms with E-state index in [0.29, 0.717) is 56.9 Å². The molecular formula is C28H30O8. The van der Waals surface area contributed by atoms with Crippen LogP contribution in [-0.2, 0) is 0 Å². The molecule has 36 heavy (non-hydrogen) atoms. The Morgan fingerprint density at radius 3 is 1.69 bits per heavy atom. The van der Waals surface area contributed by atoms with Crippen molar-refractivity contribution in [3.63, 3.8) is 0 Å². The lowest BCUT2D eigenvalue weighted by molar-refractivity contribution is 0.104. The fourth-order valence-corrected chi connectivity index (χ4v) is 3.78. The van der Waals surface area contributed by atoms with Crippen LogP contribution in [0.25, 0.3) is 17.2 Å². The van der Waals surface area contributed by atoms with Gasteiger partial charge in [-0.1, -0.05) is 6.08 Å². The van der Waals surface area contributed by atoms with E-state index in [9.17, 15) is 4.79 Å². The number of carbonyl (C=O) groups excluding carboxylic acids is 1. The van der Waals surface area contributed by atoms with Crippen LogP contribution in [0.1, 0.15) is 15.9 Å². The number of carbonyl (C=O) groups is 1. The molecule has 0 fully saturated rings. The number of benzene rings is 3. The van der Waals surface area contributed by atoms with E-state index in [-0.39, 0.29) is 5.78 Å². The number of ether oxygens (including phenoxy) is 7. The van der Waals surface area contributed by atoms with Crippen LogP contribution in [0.3, 0.4) is 0 Å². The molecule has 3 aromatic carbocycles. The molecule has 3 rings (SSSR count). The molecule has 3 aromatic rings. The highest BCUT2D eigenvalue weighted by Gasteiger charge is 2.20. The van der Waals surface area contributed by atoms with Crippen molar-refractivity contribution >= 4 is 11.9 Å². The molecular weight excluding hydrogens is 464 g/mol. The monoisotopic (exact) mass is 494 g/mol. The molecule has 0 aliphatic heterocycles. The number of hydrogen-bond donors (Lipinski definition) is 0. The zero-order valence-electron chi connectivity index (χ0n) is 21.5.